The number of aliphatic hydroxyl groups excluding tert-OH is 1. The van der Waals surface area contributed by atoms with Gasteiger partial charge in [-0.05, 0) is 5.56 Å². The minimum Gasteiger partial charge on any atom is -0.423 e. The Balaban J connectivity index is 3.08. The van der Waals surface area contributed by atoms with Crippen molar-refractivity contribution in [1.82, 2.24) is 4.98 Å². The molecule has 0 unspecified atom stereocenters. The minimum absolute atomic E-state index is 0.313. The number of pyridine rings is 1. The van der Waals surface area contributed by atoms with Crippen LogP contribution in [0.5, 0.6) is 0 Å². The quantitative estimate of drug-likeness (QED) is 0.369. The van der Waals surface area contributed by atoms with Crippen LogP contribution in [0.1, 0.15) is 5.56 Å². The molecule has 0 bridgehead atoms. The molecule has 0 atom stereocenters. The predicted octanol–water partition coefficient (Wildman–Crippen LogP) is -1.61. The Morgan fingerprint density at radius 1 is 1.50 bits per heavy atom. The largest absolute Gasteiger partial charge is 0.493 e. The van der Waals surface area contributed by atoms with E-state index >= 15 is 0 Å². The molecule has 0 aromatic carbocycles. The van der Waals surface area contributed by atoms with Crippen molar-refractivity contribution >= 4 is 12.6 Å². The molecule has 0 spiro atoms. The fourth-order valence-corrected chi connectivity index (χ4v) is 0.778. The smallest absolute Gasteiger partial charge is 0.423 e. The Morgan fingerprint density at radius 3 is 2.67 bits per heavy atom. The lowest BCUT2D eigenvalue weighted by Crippen LogP contribution is -2.33. The molecule has 0 fully saturated rings. The molecule has 0 aliphatic carbocycles. The second-order valence-electron chi connectivity index (χ2n) is 2.26. The normalized spacial score (nSPS) is 10.0. The average molecular weight is 171 g/mol. The number of hydrogen-bond donors (Lipinski definition) is 3. The van der Waals surface area contributed by atoms with Crippen LogP contribution >= 0.6 is 0 Å². The first-order valence-electron chi connectivity index (χ1n) is 3.26. The van der Waals surface area contributed by atoms with Crippen molar-refractivity contribution in [3.05, 3.63) is 23.8 Å². The fraction of sp³-hybridized carbons (Fsp3) is 0.167. The van der Waals surface area contributed by atoms with E-state index in [1.165, 1.54) is 0 Å². The molecule has 6 heteroatoms. The summed E-state index contributed by atoms with van der Waals surface area (Å²) in [5.41, 5.74) is 0.000972. The van der Waals surface area contributed by atoms with Gasteiger partial charge in [0.15, 0.2) is 0 Å². The van der Waals surface area contributed by atoms with Crippen molar-refractivity contribution in [3.8, 4) is 0 Å². The molecule has 3 N–H and O–H groups in total. The van der Waals surface area contributed by atoms with Gasteiger partial charge in [-0.25, -0.2) is 4.98 Å². The first kappa shape index (κ1) is 9.12. The van der Waals surface area contributed by atoms with Crippen molar-refractivity contribution in [2.24, 2.45) is 0 Å². The van der Waals surface area contributed by atoms with Gasteiger partial charge in [-0.2, -0.15) is 4.39 Å². The molecule has 1 aromatic heterocycles. The maximum Gasteiger partial charge on any atom is 0.493 e. The molecular formula is C6H7BFNO3. The number of aromatic nitrogens is 1. The summed E-state index contributed by atoms with van der Waals surface area (Å²) in [5.74, 6) is -0.942. The molecule has 1 rings (SSSR count). The number of nitrogens with zero attached hydrogens (tertiary/aromatic N) is 1. The Hall–Kier alpha value is -0.975. The first-order chi connectivity index (χ1) is 5.65. The molecular weight excluding hydrogens is 164 g/mol. The maximum atomic E-state index is 12.6. The van der Waals surface area contributed by atoms with Crippen LogP contribution in [0.4, 0.5) is 4.39 Å². The second-order valence-corrected chi connectivity index (χ2v) is 2.26. The van der Waals surface area contributed by atoms with Crippen LogP contribution in [0.15, 0.2) is 12.3 Å². The number of rotatable bonds is 2. The van der Waals surface area contributed by atoms with Crippen molar-refractivity contribution in [2.45, 2.75) is 6.61 Å². The monoisotopic (exact) mass is 171 g/mol. The molecule has 0 saturated carbocycles. The highest BCUT2D eigenvalue weighted by Crippen LogP contribution is 1.96. The van der Waals surface area contributed by atoms with Crippen LogP contribution in [-0.2, 0) is 6.61 Å². The summed E-state index contributed by atoms with van der Waals surface area (Å²) in [6, 6.07) is 1.15. The van der Waals surface area contributed by atoms with Crippen LogP contribution < -0.4 is 5.46 Å². The van der Waals surface area contributed by atoms with Gasteiger partial charge < -0.3 is 15.2 Å². The second kappa shape index (κ2) is 3.62. The zero-order chi connectivity index (χ0) is 9.14. The molecule has 0 radical (unpaired) electrons. The van der Waals surface area contributed by atoms with Gasteiger partial charge in [-0.3, -0.25) is 0 Å². The van der Waals surface area contributed by atoms with Crippen LogP contribution in [-0.4, -0.2) is 27.3 Å². The summed E-state index contributed by atoms with van der Waals surface area (Å²) in [5, 5.41) is 25.8. The Morgan fingerprint density at radius 2 is 2.17 bits per heavy atom. The SMILES string of the molecule is OCc1cnc(F)c(B(O)O)c1. The molecule has 64 valence electrons. The van der Waals surface area contributed by atoms with Gasteiger partial charge in [-0.1, -0.05) is 6.07 Å². The van der Waals surface area contributed by atoms with E-state index in [1.54, 1.807) is 0 Å². The standard InChI is InChI=1S/C6H7BFNO3/c8-6-5(7(11)12)1-4(3-10)2-9-6/h1-2,10-12H,3H2. The highest BCUT2D eigenvalue weighted by Gasteiger charge is 2.17. The van der Waals surface area contributed by atoms with Gasteiger partial charge >= 0.3 is 7.12 Å². The van der Waals surface area contributed by atoms with E-state index in [1.807, 2.05) is 0 Å². The zero-order valence-corrected chi connectivity index (χ0v) is 6.11. The zero-order valence-electron chi connectivity index (χ0n) is 6.11. The van der Waals surface area contributed by atoms with Crippen molar-refractivity contribution in [3.63, 3.8) is 0 Å². The lowest BCUT2D eigenvalue weighted by atomic mass is 9.80. The van der Waals surface area contributed by atoms with Gasteiger partial charge in [-0.15, -0.1) is 0 Å². The lowest BCUT2D eigenvalue weighted by Gasteiger charge is -2.01. The van der Waals surface area contributed by atoms with E-state index in [0.717, 1.165) is 12.3 Å². The third kappa shape index (κ3) is 1.79. The maximum absolute atomic E-state index is 12.6. The van der Waals surface area contributed by atoms with Gasteiger partial charge in [0.25, 0.3) is 0 Å². The predicted molar refractivity (Wildman–Crippen MR) is 39.9 cm³/mol. The van der Waals surface area contributed by atoms with Gasteiger partial charge in [0.1, 0.15) is 0 Å². The average Bonchev–Trinajstić information content (AvgIpc) is 2.05. The van der Waals surface area contributed by atoms with E-state index in [9.17, 15) is 4.39 Å². The van der Waals surface area contributed by atoms with Crippen LogP contribution in [0.2, 0.25) is 0 Å². The highest BCUT2D eigenvalue weighted by molar-refractivity contribution is 6.58. The van der Waals surface area contributed by atoms with E-state index in [0.29, 0.717) is 5.56 Å². The van der Waals surface area contributed by atoms with Gasteiger partial charge in [0.2, 0.25) is 5.95 Å². The van der Waals surface area contributed by atoms with Crippen LogP contribution in [0.25, 0.3) is 0 Å². The third-order valence-electron chi connectivity index (χ3n) is 1.38. The molecule has 1 aromatic rings. The summed E-state index contributed by atoms with van der Waals surface area (Å²) >= 11 is 0. The van der Waals surface area contributed by atoms with Crippen molar-refractivity contribution in [2.75, 3.05) is 0 Å². The number of aliphatic hydroxyl groups is 1. The molecule has 4 nitrogen and oxygen atoms in total. The summed E-state index contributed by atoms with van der Waals surface area (Å²) in [4.78, 5) is 3.22. The number of halogens is 1. The molecule has 0 amide bonds. The minimum atomic E-state index is -1.90. The Labute approximate surface area is 68.5 Å². The van der Waals surface area contributed by atoms with E-state index in [4.69, 9.17) is 15.2 Å². The summed E-state index contributed by atoms with van der Waals surface area (Å²) < 4.78 is 12.6. The van der Waals surface area contributed by atoms with Crippen molar-refractivity contribution in [1.29, 1.82) is 0 Å². The molecule has 0 aliphatic heterocycles. The highest BCUT2D eigenvalue weighted by atomic mass is 19.1. The van der Waals surface area contributed by atoms with Crippen molar-refractivity contribution < 1.29 is 19.5 Å². The van der Waals surface area contributed by atoms with E-state index in [2.05, 4.69) is 4.98 Å². The van der Waals surface area contributed by atoms with Gasteiger partial charge in [0, 0.05) is 11.7 Å². The molecule has 1 heterocycles. The third-order valence-corrected chi connectivity index (χ3v) is 1.38. The summed E-state index contributed by atoms with van der Waals surface area (Å²) in [7, 11) is -1.90. The molecule has 0 aliphatic rings. The topological polar surface area (TPSA) is 73.6 Å². The van der Waals surface area contributed by atoms with Gasteiger partial charge in [0.05, 0.1) is 6.61 Å². The fourth-order valence-electron chi connectivity index (χ4n) is 0.778. The Bertz CT molecular complexity index is 281. The first-order valence-corrected chi connectivity index (χ1v) is 3.26. The summed E-state index contributed by atoms with van der Waals surface area (Å²) in [6.45, 7) is -0.313. The number of hydrogen-bond acceptors (Lipinski definition) is 4. The Kier molecular flexibility index (Phi) is 2.75. The lowest BCUT2D eigenvalue weighted by molar-refractivity contribution is 0.281. The molecule has 0 saturated heterocycles. The van der Waals surface area contributed by atoms with E-state index in [-0.39, 0.29) is 12.1 Å². The molecule has 12 heavy (non-hydrogen) atoms. The van der Waals surface area contributed by atoms with Crippen LogP contribution in [0.3, 0.4) is 0 Å². The summed E-state index contributed by atoms with van der Waals surface area (Å²) in [6.07, 6.45) is 1.13. The van der Waals surface area contributed by atoms with Crippen LogP contribution in [0, 0.1) is 5.95 Å². The van der Waals surface area contributed by atoms with E-state index < -0.39 is 13.1 Å².